The maximum absolute atomic E-state index is 13.6. The number of nitrogens with zero attached hydrogens (tertiary/aromatic N) is 1. The van der Waals surface area contributed by atoms with E-state index < -0.39 is 5.82 Å². The van der Waals surface area contributed by atoms with E-state index in [4.69, 9.17) is 23.2 Å². The zero-order valence-corrected chi connectivity index (χ0v) is 9.98. The van der Waals surface area contributed by atoms with Gasteiger partial charge >= 0.3 is 0 Å². The van der Waals surface area contributed by atoms with Crippen molar-refractivity contribution in [1.82, 2.24) is 4.98 Å². The second-order valence-corrected chi connectivity index (χ2v) is 4.25. The summed E-state index contributed by atoms with van der Waals surface area (Å²) in [6, 6.07) is 7.87. The summed E-state index contributed by atoms with van der Waals surface area (Å²) in [5.41, 5.74) is 1.47. The van der Waals surface area contributed by atoms with Crippen LogP contribution in [-0.2, 0) is 0 Å². The third-order valence-corrected chi connectivity index (χ3v) is 2.73. The van der Waals surface area contributed by atoms with Crippen LogP contribution in [0, 0.1) is 12.7 Å². The summed E-state index contributed by atoms with van der Waals surface area (Å²) >= 11 is 11.8. The summed E-state index contributed by atoms with van der Waals surface area (Å²) in [5, 5.41) is 0.934. The topological polar surface area (TPSA) is 12.9 Å². The molecule has 0 aliphatic carbocycles. The van der Waals surface area contributed by atoms with Crippen molar-refractivity contribution < 1.29 is 4.39 Å². The molecule has 1 heterocycles. The third-order valence-electron chi connectivity index (χ3n) is 2.17. The van der Waals surface area contributed by atoms with Gasteiger partial charge in [0.2, 0.25) is 0 Å². The lowest BCUT2D eigenvalue weighted by Gasteiger charge is -2.06. The molecule has 0 saturated carbocycles. The number of halogens is 3. The summed E-state index contributed by atoms with van der Waals surface area (Å²) in [7, 11) is 0. The molecule has 4 heteroatoms. The monoisotopic (exact) mass is 255 g/mol. The zero-order valence-electron chi connectivity index (χ0n) is 8.47. The van der Waals surface area contributed by atoms with Crippen LogP contribution in [0.1, 0.15) is 5.69 Å². The van der Waals surface area contributed by atoms with Crippen LogP contribution in [0.2, 0.25) is 10.0 Å². The van der Waals surface area contributed by atoms with Gasteiger partial charge in [0.15, 0.2) is 0 Å². The molecule has 0 N–H and O–H groups in total. The average molecular weight is 256 g/mol. The molecular weight excluding hydrogens is 248 g/mol. The Balaban J connectivity index is 2.66. The second-order valence-electron chi connectivity index (χ2n) is 3.41. The Morgan fingerprint density at radius 1 is 1.12 bits per heavy atom. The number of aromatic nitrogens is 1. The van der Waals surface area contributed by atoms with Gasteiger partial charge in [-0.25, -0.2) is 9.37 Å². The molecule has 1 aromatic carbocycles. The number of aryl methyl sites for hydroxylation is 1. The van der Waals surface area contributed by atoms with Crippen LogP contribution in [0.3, 0.4) is 0 Å². The molecule has 0 radical (unpaired) electrons. The lowest BCUT2D eigenvalue weighted by molar-refractivity contribution is 0.624. The first-order chi connectivity index (χ1) is 7.58. The molecule has 1 nitrogen and oxygen atoms in total. The van der Waals surface area contributed by atoms with Gasteiger partial charge in [-0.2, -0.15) is 0 Å². The maximum atomic E-state index is 13.6. The van der Waals surface area contributed by atoms with Crippen LogP contribution in [0.5, 0.6) is 0 Å². The first-order valence-electron chi connectivity index (χ1n) is 4.66. The molecule has 0 spiro atoms. The summed E-state index contributed by atoms with van der Waals surface area (Å²) < 4.78 is 13.6. The third kappa shape index (κ3) is 2.18. The summed E-state index contributed by atoms with van der Waals surface area (Å²) in [6.07, 6.45) is 0. The summed E-state index contributed by atoms with van der Waals surface area (Å²) in [6.45, 7) is 1.79. The molecule has 0 aliphatic rings. The van der Waals surface area contributed by atoms with Crippen LogP contribution < -0.4 is 0 Å². The van der Waals surface area contributed by atoms with Crippen molar-refractivity contribution in [3.8, 4) is 11.3 Å². The average Bonchev–Trinajstić information content (AvgIpc) is 2.25. The van der Waals surface area contributed by atoms with Gasteiger partial charge in [0.1, 0.15) is 11.5 Å². The first-order valence-corrected chi connectivity index (χ1v) is 5.42. The predicted molar refractivity (Wildman–Crippen MR) is 64.4 cm³/mol. The summed E-state index contributed by atoms with van der Waals surface area (Å²) in [4.78, 5) is 4.13. The highest BCUT2D eigenvalue weighted by Crippen LogP contribution is 2.30. The maximum Gasteiger partial charge on any atom is 0.149 e. The fourth-order valence-electron chi connectivity index (χ4n) is 1.41. The normalized spacial score (nSPS) is 10.5. The van der Waals surface area contributed by atoms with Crippen molar-refractivity contribution >= 4 is 23.2 Å². The number of benzene rings is 1. The molecule has 0 atom stereocenters. The number of hydrogen-bond acceptors (Lipinski definition) is 1. The minimum absolute atomic E-state index is 0.229. The van der Waals surface area contributed by atoms with E-state index in [1.165, 1.54) is 6.07 Å². The SMILES string of the molecule is Cc1ccc(F)c(-c2cc(Cl)ccc2Cl)n1. The van der Waals surface area contributed by atoms with Crippen LogP contribution in [0.25, 0.3) is 11.3 Å². The van der Waals surface area contributed by atoms with E-state index in [2.05, 4.69) is 4.98 Å². The lowest BCUT2D eigenvalue weighted by atomic mass is 10.1. The van der Waals surface area contributed by atoms with Crippen molar-refractivity contribution in [3.05, 3.63) is 51.9 Å². The highest BCUT2D eigenvalue weighted by Gasteiger charge is 2.11. The van der Waals surface area contributed by atoms with Gasteiger partial charge in [-0.3, -0.25) is 0 Å². The van der Waals surface area contributed by atoms with Crippen molar-refractivity contribution in [3.63, 3.8) is 0 Å². The molecule has 82 valence electrons. The molecule has 0 aliphatic heterocycles. The van der Waals surface area contributed by atoms with E-state index >= 15 is 0 Å². The number of pyridine rings is 1. The Kier molecular flexibility index (Phi) is 3.13. The fraction of sp³-hybridized carbons (Fsp3) is 0.0833. The molecule has 2 aromatic rings. The first kappa shape index (κ1) is 11.4. The highest BCUT2D eigenvalue weighted by atomic mass is 35.5. The molecule has 0 bridgehead atoms. The highest BCUT2D eigenvalue weighted by molar-refractivity contribution is 6.35. The van der Waals surface area contributed by atoms with Gasteiger partial charge < -0.3 is 0 Å². The minimum Gasteiger partial charge on any atom is -0.250 e. The van der Waals surface area contributed by atoms with Crippen molar-refractivity contribution in [2.75, 3.05) is 0 Å². The Morgan fingerprint density at radius 2 is 1.88 bits per heavy atom. The minimum atomic E-state index is -0.408. The molecule has 0 fully saturated rings. The van der Waals surface area contributed by atoms with E-state index in [-0.39, 0.29) is 5.69 Å². The van der Waals surface area contributed by atoms with Gasteiger partial charge in [-0.15, -0.1) is 0 Å². The van der Waals surface area contributed by atoms with Gasteiger partial charge in [0.25, 0.3) is 0 Å². The predicted octanol–water partition coefficient (Wildman–Crippen LogP) is 4.50. The van der Waals surface area contributed by atoms with Gasteiger partial charge in [0.05, 0.1) is 5.02 Å². The summed E-state index contributed by atoms with van der Waals surface area (Å²) in [5.74, 6) is -0.408. The molecular formula is C12H8Cl2FN. The fourth-order valence-corrected chi connectivity index (χ4v) is 1.79. The van der Waals surface area contributed by atoms with E-state index in [1.807, 2.05) is 0 Å². The van der Waals surface area contributed by atoms with Crippen molar-refractivity contribution in [1.29, 1.82) is 0 Å². The van der Waals surface area contributed by atoms with E-state index in [1.54, 1.807) is 31.2 Å². The molecule has 1 aromatic heterocycles. The van der Waals surface area contributed by atoms with E-state index in [0.717, 1.165) is 5.69 Å². The van der Waals surface area contributed by atoms with Crippen molar-refractivity contribution in [2.45, 2.75) is 6.92 Å². The molecule has 0 amide bonds. The van der Waals surface area contributed by atoms with Crippen LogP contribution in [0.4, 0.5) is 4.39 Å². The Hall–Kier alpha value is -1.12. The van der Waals surface area contributed by atoms with Crippen LogP contribution in [-0.4, -0.2) is 4.98 Å². The quantitative estimate of drug-likeness (QED) is 0.731. The lowest BCUT2D eigenvalue weighted by Crippen LogP contribution is -1.92. The largest absolute Gasteiger partial charge is 0.250 e. The van der Waals surface area contributed by atoms with E-state index in [0.29, 0.717) is 15.6 Å². The van der Waals surface area contributed by atoms with Crippen LogP contribution in [0.15, 0.2) is 30.3 Å². The molecule has 0 saturated heterocycles. The smallest absolute Gasteiger partial charge is 0.149 e. The Labute approximate surface area is 103 Å². The zero-order chi connectivity index (χ0) is 11.7. The second kappa shape index (κ2) is 4.40. The Morgan fingerprint density at radius 3 is 2.62 bits per heavy atom. The number of hydrogen-bond donors (Lipinski definition) is 0. The van der Waals surface area contributed by atoms with Gasteiger partial charge in [-0.05, 0) is 37.3 Å². The van der Waals surface area contributed by atoms with E-state index in [9.17, 15) is 4.39 Å². The molecule has 16 heavy (non-hydrogen) atoms. The number of rotatable bonds is 1. The van der Waals surface area contributed by atoms with Gasteiger partial charge in [0, 0.05) is 16.3 Å². The molecule has 2 rings (SSSR count). The van der Waals surface area contributed by atoms with Gasteiger partial charge in [-0.1, -0.05) is 23.2 Å². The molecule has 0 unspecified atom stereocenters. The van der Waals surface area contributed by atoms with Crippen LogP contribution >= 0.6 is 23.2 Å². The standard InChI is InChI=1S/C12H8Cl2FN/c1-7-2-5-11(15)12(16-7)9-6-8(13)3-4-10(9)14/h2-6H,1H3. The Bertz CT molecular complexity index is 491. The van der Waals surface area contributed by atoms with Crippen molar-refractivity contribution in [2.24, 2.45) is 0 Å².